The lowest BCUT2D eigenvalue weighted by Gasteiger charge is -2.14. The molecule has 7 heteroatoms. The van der Waals surface area contributed by atoms with Crippen LogP contribution in [-0.4, -0.2) is 23.0 Å². The zero-order valence-corrected chi connectivity index (χ0v) is 15.1. The molecule has 0 radical (unpaired) electrons. The lowest BCUT2D eigenvalue weighted by molar-refractivity contribution is -0.141. The van der Waals surface area contributed by atoms with Gasteiger partial charge in [0.1, 0.15) is 11.6 Å². The number of rotatable bonds is 5. The van der Waals surface area contributed by atoms with Crippen molar-refractivity contribution >= 4 is 35.0 Å². The molecular formula is C19H15Cl2FO4. The minimum absolute atomic E-state index is 0.117. The van der Waals surface area contributed by atoms with Gasteiger partial charge in [0.2, 0.25) is 0 Å². The van der Waals surface area contributed by atoms with Gasteiger partial charge >= 0.3 is 5.97 Å². The van der Waals surface area contributed by atoms with E-state index in [2.05, 4.69) is 0 Å². The Morgan fingerprint density at radius 3 is 2.35 bits per heavy atom. The highest BCUT2D eigenvalue weighted by Crippen LogP contribution is 2.31. The number of hydrogen-bond acceptors (Lipinski definition) is 3. The molecule has 1 aliphatic rings. The summed E-state index contributed by atoms with van der Waals surface area (Å²) in [5, 5.41) is 8.62. The molecule has 0 aromatic heterocycles. The van der Waals surface area contributed by atoms with Crippen molar-refractivity contribution < 1.29 is 23.8 Å². The van der Waals surface area contributed by atoms with Gasteiger partial charge in [-0.1, -0.05) is 23.2 Å². The van der Waals surface area contributed by atoms with E-state index in [1.165, 1.54) is 6.07 Å². The molecule has 2 atom stereocenters. The quantitative estimate of drug-likeness (QED) is 0.570. The monoisotopic (exact) mass is 396 g/mol. The van der Waals surface area contributed by atoms with Crippen LogP contribution in [0, 0.1) is 11.7 Å². The number of aliphatic carboxylic acids is 1. The maximum atomic E-state index is 13.4. The van der Waals surface area contributed by atoms with Crippen LogP contribution >= 0.6 is 23.2 Å². The number of carbonyl (C=O) groups excluding carboxylic acids is 1. The number of carboxylic acid groups (broad SMARTS) is 1. The first-order chi connectivity index (χ1) is 12.4. The Kier molecular flexibility index (Phi) is 5.49. The van der Waals surface area contributed by atoms with E-state index in [4.69, 9.17) is 33.0 Å². The number of ether oxygens (including phenoxy) is 1. The van der Waals surface area contributed by atoms with E-state index < -0.39 is 11.8 Å². The van der Waals surface area contributed by atoms with Gasteiger partial charge in [0, 0.05) is 11.1 Å². The fraction of sp³-hybridized carbons (Fsp3) is 0.263. The van der Waals surface area contributed by atoms with Gasteiger partial charge in [-0.15, -0.1) is 0 Å². The van der Waals surface area contributed by atoms with Crippen molar-refractivity contribution in [3.8, 4) is 5.75 Å². The minimum atomic E-state index is -0.799. The maximum Gasteiger partial charge on any atom is 0.306 e. The summed E-state index contributed by atoms with van der Waals surface area (Å²) >= 11 is 11.7. The van der Waals surface area contributed by atoms with Crippen molar-refractivity contribution in [3.05, 3.63) is 63.4 Å². The molecule has 136 valence electrons. The molecule has 3 rings (SSSR count). The van der Waals surface area contributed by atoms with E-state index in [0.29, 0.717) is 30.6 Å². The summed E-state index contributed by atoms with van der Waals surface area (Å²) in [6.45, 7) is 0. The van der Waals surface area contributed by atoms with E-state index in [-0.39, 0.29) is 33.4 Å². The fourth-order valence-corrected chi connectivity index (χ4v) is 3.41. The second-order valence-electron chi connectivity index (χ2n) is 6.16. The predicted octanol–water partition coefficient (Wildman–Crippen LogP) is 5.00. The average Bonchev–Trinajstić information content (AvgIpc) is 3.09. The summed E-state index contributed by atoms with van der Waals surface area (Å²) < 4.78 is 19.2. The van der Waals surface area contributed by atoms with E-state index in [1.807, 2.05) is 0 Å². The van der Waals surface area contributed by atoms with Crippen molar-refractivity contribution in [1.29, 1.82) is 0 Å². The average molecular weight is 397 g/mol. The molecule has 0 amide bonds. The standard InChI is InChI=1S/C19H15Cl2FO4/c20-16-14(7-8-15(22)17(16)21)18(23)10-1-4-12(5-2-10)26-13-6-3-11(9-13)19(24)25/h1-2,4-5,7-8,11,13H,3,6,9H2,(H,24,25)/t11-,13-/m0/s1. The maximum absolute atomic E-state index is 13.4. The topological polar surface area (TPSA) is 63.6 Å². The molecule has 4 nitrogen and oxygen atoms in total. The summed E-state index contributed by atoms with van der Waals surface area (Å²) in [7, 11) is 0. The molecule has 26 heavy (non-hydrogen) atoms. The molecule has 0 bridgehead atoms. The molecule has 1 saturated carbocycles. The van der Waals surface area contributed by atoms with Crippen LogP contribution in [0.2, 0.25) is 10.0 Å². The third-order valence-corrected chi connectivity index (χ3v) is 5.29. The van der Waals surface area contributed by atoms with Gasteiger partial charge in [0.05, 0.1) is 22.1 Å². The Morgan fingerprint density at radius 2 is 1.73 bits per heavy atom. The van der Waals surface area contributed by atoms with Gasteiger partial charge in [-0.2, -0.15) is 0 Å². The number of halogens is 3. The van der Waals surface area contributed by atoms with Crippen molar-refractivity contribution in [1.82, 2.24) is 0 Å². The third-order valence-electron chi connectivity index (χ3n) is 4.43. The number of carbonyl (C=O) groups is 2. The van der Waals surface area contributed by atoms with Crippen LogP contribution in [0.5, 0.6) is 5.75 Å². The zero-order chi connectivity index (χ0) is 18.8. The van der Waals surface area contributed by atoms with Gasteiger partial charge in [-0.25, -0.2) is 4.39 Å². The summed E-state index contributed by atoms with van der Waals surface area (Å²) in [4.78, 5) is 23.5. The summed E-state index contributed by atoms with van der Waals surface area (Å²) in [6.07, 6.45) is 1.60. The number of benzene rings is 2. The fourth-order valence-electron chi connectivity index (χ4n) is 3.01. The Morgan fingerprint density at radius 1 is 1.04 bits per heavy atom. The highest BCUT2D eigenvalue weighted by atomic mass is 35.5. The van der Waals surface area contributed by atoms with E-state index in [0.717, 1.165) is 6.07 Å². The van der Waals surface area contributed by atoms with Gasteiger partial charge < -0.3 is 9.84 Å². The van der Waals surface area contributed by atoms with Crippen molar-refractivity contribution in [2.75, 3.05) is 0 Å². The van der Waals surface area contributed by atoms with Gasteiger partial charge in [0.25, 0.3) is 0 Å². The van der Waals surface area contributed by atoms with Crippen molar-refractivity contribution in [2.24, 2.45) is 5.92 Å². The van der Waals surface area contributed by atoms with E-state index >= 15 is 0 Å². The lowest BCUT2D eigenvalue weighted by Crippen LogP contribution is -2.15. The molecule has 0 unspecified atom stereocenters. The van der Waals surface area contributed by atoms with Gasteiger partial charge in [0.15, 0.2) is 5.78 Å². The number of hydrogen-bond donors (Lipinski definition) is 1. The highest BCUT2D eigenvalue weighted by molar-refractivity contribution is 6.44. The van der Waals surface area contributed by atoms with Gasteiger partial charge in [-0.05, 0) is 55.7 Å². The Bertz CT molecular complexity index is 851. The SMILES string of the molecule is O=C(c1ccc(O[C@H]2CC[C@H](C(=O)O)C2)cc1)c1ccc(F)c(Cl)c1Cl. The molecule has 1 aliphatic carbocycles. The largest absolute Gasteiger partial charge is 0.490 e. The first-order valence-corrected chi connectivity index (χ1v) is 8.80. The van der Waals surface area contributed by atoms with Crippen LogP contribution < -0.4 is 4.74 Å². The van der Waals surface area contributed by atoms with Crippen molar-refractivity contribution in [2.45, 2.75) is 25.4 Å². The molecule has 2 aromatic rings. The zero-order valence-electron chi connectivity index (χ0n) is 13.5. The van der Waals surface area contributed by atoms with E-state index in [9.17, 15) is 14.0 Å². The normalized spacial score (nSPS) is 19.3. The first kappa shape index (κ1) is 18.7. The van der Waals surface area contributed by atoms with Gasteiger partial charge in [-0.3, -0.25) is 9.59 Å². The Hall–Kier alpha value is -2.11. The molecule has 0 saturated heterocycles. The van der Waals surface area contributed by atoms with Crippen LogP contribution in [0.4, 0.5) is 4.39 Å². The minimum Gasteiger partial charge on any atom is -0.490 e. The van der Waals surface area contributed by atoms with Crippen molar-refractivity contribution in [3.63, 3.8) is 0 Å². The molecular weight excluding hydrogens is 382 g/mol. The smallest absolute Gasteiger partial charge is 0.306 e. The second-order valence-corrected chi connectivity index (χ2v) is 6.92. The first-order valence-electron chi connectivity index (χ1n) is 8.04. The molecule has 0 spiro atoms. The summed E-state index contributed by atoms with van der Waals surface area (Å²) in [5.41, 5.74) is 0.476. The van der Waals surface area contributed by atoms with Crippen LogP contribution in [0.25, 0.3) is 0 Å². The number of carboxylic acids is 1. The Balaban J connectivity index is 1.71. The number of ketones is 1. The summed E-state index contributed by atoms with van der Waals surface area (Å²) in [5.74, 6) is -1.68. The lowest BCUT2D eigenvalue weighted by atomic mass is 10.0. The molecule has 2 aromatic carbocycles. The van der Waals surface area contributed by atoms with Crippen LogP contribution in [0.15, 0.2) is 36.4 Å². The molecule has 0 aliphatic heterocycles. The summed E-state index contributed by atoms with van der Waals surface area (Å²) in [6, 6.07) is 8.82. The third kappa shape index (κ3) is 3.84. The van der Waals surface area contributed by atoms with Crippen LogP contribution in [0.3, 0.4) is 0 Å². The second kappa shape index (κ2) is 7.64. The van der Waals surface area contributed by atoms with E-state index in [1.54, 1.807) is 24.3 Å². The van der Waals surface area contributed by atoms with Crippen LogP contribution in [0.1, 0.15) is 35.2 Å². The van der Waals surface area contributed by atoms with Crippen LogP contribution in [-0.2, 0) is 4.79 Å². The Labute approximate surface area is 159 Å². The molecule has 1 fully saturated rings. The predicted molar refractivity (Wildman–Crippen MR) is 95.7 cm³/mol. The highest BCUT2D eigenvalue weighted by Gasteiger charge is 2.31. The molecule has 0 heterocycles. The molecule has 1 N–H and O–H groups in total.